The number of thiazole rings is 1. The first kappa shape index (κ1) is 18.1. The fourth-order valence-electron chi connectivity index (χ4n) is 3.06. The number of aryl methyl sites for hydroxylation is 3. The average Bonchev–Trinajstić information content (AvgIpc) is 3.33. The number of hydrogen-bond acceptors (Lipinski definition) is 6. The lowest BCUT2D eigenvalue weighted by molar-refractivity contribution is 0.101. The predicted octanol–water partition coefficient (Wildman–Crippen LogP) is 2.82. The number of carbonyl (C=O) groups is 2. The van der Waals surface area contributed by atoms with Crippen molar-refractivity contribution in [1.29, 1.82) is 0 Å². The molecule has 8 nitrogen and oxygen atoms in total. The molecule has 0 bridgehead atoms. The molecule has 0 saturated carbocycles. The van der Waals surface area contributed by atoms with E-state index in [4.69, 9.17) is 5.73 Å². The van der Waals surface area contributed by atoms with E-state index < -0.39 is 17.6 Å². The third-order valence-corrected chi connectivity index (χ3v) is 5.29. The highest BCUT2D eigenvalue weighted by molar-refractivity contribution is 7.17. The number of carbonyl (C=O) groups excluding carboxylic acids is 2. The van der Waals surface area contributed by atoms with Gasteiger partial charge in [-0.25, -0.2) is 9.37 Å². The Labute approximate surface area is 163 Å². The molecule has 3 aromatic rings. The van der Waals surface area contributed by atoms with Gasteiger partial charge in [-0.3, -0.25) is 14.3 Å². The number of amides is 2. The molecule has 0 saturated heterocycles. The minimum Gasteiger partial charge on any atom is -0.375 e. The van der Waals surface area contributed by atoms with Crippen molar-refractivity contribution in [3.8, 4) is 0 Å². The van der Waals surface area contributed by atoms with E-state index in [1.807, 2.05) is 4.68 Å². The van der Waals surface area contributed by atoms with Gasteiger partial charge < -0.3 is 16.4 Å². The molecular formula is C18H17FN6O2S. The van der Waals surface area contributed by atoms with Crippen molar-refractivity contribution in [1.82, 2.24) is 14.8 Å². The quantitative estimate of drug-likeness (QED) is 0.623. The van der Waals surface area contributed by atoms with Gasteiger partial charge in [0.15, 0.2) is 10.9 Å². The van der Waals surface area contributed by atoms with Crippen molar-refractivity contribution in [2.75, 3.05) is 16.4 Å². The summed E-state index contributed by atoms with van der Waals surface area (Å²) in [5.41, 5.74) is 7.21. The van der Waals surface area contributed by atoms with E-state index in [1.165, 1.54) is 18.3 Å². The highest BCUT2D eigenvalue weighted by atomic mass is 32.1. The largest absolute Gasteiger partial charge is 0.375 e. The Hall–Kier alpha value is -3.27. The molecule has 4 rings (SSSR count). The van der Waals surface area contributed by atoms with Gasteiger partial charge in [0, 0.05) is 24.0 Å². The topological polar surface area (TPSA) is 115 Å². The van der Waals surface area contributed by atoms with E-state index in [0.717, 1.165) is 36.4 Å². The Morgan fingerprint density at radius 3 is 2.79 bits per heavy atom. The Morgan fingerprint density at radius 1 is 1.25 bits per heavy atom. The van der Waals surface area contributed by atoms with Gasteiger partial charge in [-0.1, -0.05) is 11.3 Å². The van der Waals surface area contributed by atoms with E-state index in [-0.39, 0.29) is 10.7 Å². The summed E-state index contributed by atoms with van der Waals surface area (Å²) in [7, 11) is 0. The molecule has 4 N–H and O–H groups in total. The minimum absolute atomic E-state index is 0.183. The third kappa shape index (κ3) is 3.46. The molecule has 1 aliphatic rings. The van der Waals surface area contributed by atoms with Gasteiger partial charge in [-0.15, -0.1) is 0 Å². The molecule has 0 aliphatic carbocycles. The van der Waals surface area contributed by atoms with E-state index in [1.54, 1.807) is 13.0 Å². The molecule has 1 aromatic carbocycles. The first-order valence-electron chi connectivity index (χ1n) is 8.61. The summed E-state index contributed by atoms with van der Waals surface area (Å²) in [6, 6.07) is 4.30. The van der Waals surface area contributed by atoms with Crippen molar-refractivity contribution >= 4 is 39.8 Å². The van der Waals surface area contributed by atoms with Gasteiger partial charge in [-0.05, 0) is 37.5 Å². The van der Waals surface area contributed by atoms with E-state index in [0.29, 0.717) is 21.9 Å². The zero-order valence-electron chi connectivity index (χ0n) is 15.0. The summed E-state index contributed by atoms with van der Waals surface area (Å²) in [6.07, 6.45) is 3.29. The number of anilines is 3. The van der Waals surface area contributed by atoms with Crippen molar-refractivity contribution < 1.29 is 14.0 Å². The number of nitrogens with two attached hydrogens (primary N) is 1. The standard InChI is InChI=1S/C18H17FN6O2S/c1-9-5-12(19)11(7-13(9)22-17(27)14-8-21-18(20)28-14)16(26)23-15-6-10-3-2-4-25(10)24-15/h5-8H,2-4H2,1H3,(H2,20,21)(H,22,27)(H,23,24,26). The lowest BCUT2D eigenvalue weighted by atomic mass is 10.1. The summed E-state index contributed by atoms with van der Waals surface area (Å²) >= 11 is 1.04. The summed E-state index contributed by atoms with van der Waals surface area (Å²) in [5, 5.41) is 9.85. The van der Waals surface area contributed by atoms with E-state index >= 15 is 0 Å². The Bertz CT molecular complexity index is 1070. The van der Waals surface area contributed by atoms with Crippen LogP contribution in [0.2, 0.25) is 0 Å². The minimum atomic E-state index is -0.679. The summed E-state index contributed by atoms with van der Waals surface area (Å²) in [6.45, 7) is 2.45. The highest BCUT2D eigenvalue weighted by Gasteiger charge is 2.20. The van der Waals surface area contributed by atoms with Gasteiger partial charge >= 0.3 is 0 Å². The Kier molecular flexibility index (Phi) is 4.55. The molecule has 0 spiro atoms. The van der Waals surface area contributed by atoms with Crippen LogP contribution < -0.4 is 16.4 Å². The second-order valence-electron chi connectivity index (χ2n) is 6.47. The number of hydrogen-bond donors (Lipinski definition) is 3. The fraction of sp³-hybridized carbons (Fsp3) is 0.222. The number of rotatable bonds is 4. The second kappa shape index (κ2) is 7.04. The first-order chi connectivity index (χ1) is 13.4. The SMILES string of the molecule is Cc1cc(F)c(C(=O)Nc2cc3n(n2)CCC3)cc1NC(=O)c1cnc(N)s1. The summed E-state index contributed by atoms with van der Waals surface area (Å²) in [5.74, 6) is -1.36. The maximum atomic E-state index is 14.4. The van der Waals surface area contributed by atoms with Crippen LogP contribution in [0.1, 0.15) is 37.7 Å². The van der Waals surface area contributed by atoms with Gasteiger partial charge in [-0.2, -0.15) is 5.10 Å². The molecule has 2 amide bonds. The number of aromatic nitrogens is 3. The number of halogens is 1. The summed E-state index contributed by atoms with van der Waals surface area (Å²) < 4.78 is 16.2. The molecule has 144 valence electrons. The monoisotopic (exact) mass is 400 g/mol. The zero-order valence-corrected chi connectivity index (χ0v) is 15.8. The molecule has 28 heavy (non-hydrogen) atoms. The van der Waals surface area contributed by atoms with Crippen LogP contribution in [0.3, 0.4) is 0 Å². The van der Waals surface area contributed by atoms with Crippen LogP contribution in [0.15, 0.2) is 24.4 Å². The Morgan fingerprint density at radius 2 is 2.07 bits per heavy atom. The van der Waals surface area contributed by atoms with Crippen LogP contribution in [0.5, 0.6) is 0 Å². The molecule has 0 unspecified atom stereocenters. The van der Waals surface area contributed by atoms with Gasteiger partial charge in [0.05, 0.1) is 11.8 Å². The van der Waals surface area contributed by atoms with Crippen LogP contribution in [-0.4, -0.2) is 26.6 Å². The van der Waals surface area contributed by atoms with Crippen LogP contribution in [0, 0.1) is 12.7 Å². The molecule has 0 fully saturated rings. The van der Waals surface area contributed by atoms with Crippen LogP contribution >= 0.6 is 11.3 Å². The van der Waals surface area contributed by atoms with Gasteiger partial charge in [0.1, 0.15) is 10.7 Å². The lowest BCUT2D eigenvalue weighted by Gasteiger charge is -2.11. The normalized spacial score (nSPS) is 12.6. The van der Waals surface area contributed by atoms with Crippen molar-refractivity contribution in [3.05, 3.63) is 51.9 Å². The Balaban J connectivity index is 1.55. The number of nitrogens with one attached hydrogen (secondary N) is 2. The van der Waals surface area contributed by atoms with Crippen molar-refractivity contribution in [2.24, 2.45) is 0 Å². The van der Waals surface area contributed by atoms with Crippen molar-refractivity contribution in [3.63, 3.8) is 0 Å². The summed E-state index contributed by atoms with van der Waals surface area (Å²) in [4.78, 5) is 29.0. The van der Waals surface area contributed by atoms with Crippen molar-refractivity contribution in [2.45, 2.75) is 26.3 Å². The highest BCUT2D eigenvalue weighted by Crippen LogP contribution is 2.24. The maximum Gasteiger partial charge on any atom is 0.267 e. The molecule has 3 heterocycles. The number of nitrogen functional groups attached to an aromatic ring is 1. The number of nitrogens with zero attached hydrogens (tertiary/aromatic N) is 3. The van der Waals surface area contributed by atoms with Crippen LogP contribution in [0.25, 0.3) is 0 Å². The molecule has 0 atom stereocenters. The van der Waals surface area contributed by atoms with E-state index in [9.17, 15) is 14.0 Å². The molecule has 2 aromatic heterocycles. The van der Waals surface area contributed by atoms with Gasteiger partial charge in [0.2, 0.25) is 0 Å². The number of benzene rings is 1. The average molecular weight is 400 g/mol. The molecular weight excluding hydrogens is 383 g/mol. The maximum absolute atomic E-state index is 14.4. The molecule has 1 aliphatic heterocycles. The predicted molar refractivity (Wildman–Crippen MR) is 104 cm³/mol. The smallest absolute Gasteiger partial charge is 0.267 e. The molecule has 10 heteroatoms. The van der Waals surface area contributed by atoms with Crippen LogP contribution in [0.4, 0.5) is 21.0 Å². The van der Waals surface area contributed by atoms with Gasteiger partial charge in [0.25, 0.3) is 11.8 Å². The zero-order chi connectivity index (χ0) is 19.8. The first-order valence-corrected chi connectivity index (χ1v) is 9.43. The second-order valence-corrected chi connectivity index (χ2v) is 7.53. The fourth-order valence-corrected chi connectivity index (χ4v) is 3.64. The van der Waals surface area contributed by atoms with Crippen LogP contribution in [-0.2, 0) is 13.0 Å². The van der Waals surface area contributed by atoms with E-state index in [2.05, 4.69) is 20.7 Å². The number of fused-ring (bicyclic) bond motifs is 1. The lowest BCUT2D eigenvalue weighted by Crippen LogP contribution is -2.17. The third-order valence-electron chi connectivity index (χ3n) is 4.46. The molecule has 0 radical (unpaired) electrons.